The second-order valence-electron chi connectivity index (χ2n) is 5.01. The molecular formula is C13H14N2O4S3. The van der Waals surface area contributed by atoms with Gasteiger partial charge in [0.05, 0.1) is 14.9 Å². The minimum Gasteiger partial charge on any atom is -0.477 e. The van der Waals surface area contributed by atoms with Crippen molar-refractivity contribution in [3.63, 3.8) is 0 Å². The molecule has 9 heteroatoms. The largest absolute Gasteiger partial charge is 0.477 e. The van der Waals surface area contributed by atoms with Crippen molar-refractivity contribution in [2.75, 3.05) is 11.5 Å². The summed E-state index contributed by atoms with van der Waals surface area (Å²) in [5.41, 5.74) is 1.69. The van der Waals surface area contributed by atoms with Crippen molar-refractivity contribution in [1.82, 2.24) is 9.88 Å². The molecule has 0 unspecified atom stereocenters. The molecule has 0 radical (unpaired) electrons. The van der Waals surface area contributed by atoms with Gasteiger partial charge >= 0.3 is 5.97 Å². The first-order valence-electron chi connectivity index (χ1n) is 6.55. The van der Waals surface area contributed by atoms with Crippen molar-refractivity contribution in [2.24, 2.45) is 0 Å². The zero-order valence-electron chi connectivity index (χ0n) is 11.9. The van der Waals surface area contributed by atoms with Crippen molar-refractivity contribution < 1.29 is 19.8 Å². The van der Waals surface area contributed by atoms with Crippen LogP contribution in [0.2, 0.25) is 0 Å². The maximum atomic E-state index is 11.7. The van der Waals surface area contributed by atoms with Gasteiger partial charge in [0.1, 0.15) is 11.1 Å². The molecule has 1 fully saturated rings. The third kappa shape index (κ3) is 2.55. The van der Waals surface area contributed by atoms with Crippen LogP contribution in [0.1, 0.15) is 10.7 Å². The molecule has 0 aliphatic carbocycles. The monoisotopic (exact) mass is 358 g/mol. The Balaban J connectivity index is 1.83. The van der Waals surface area contributed by atoms with E-state index in [1.165, 1.54) is 16.7 Å². The molecular weight excluding hydrogens is 344 g/mol. The summed E-state index contributed by atoms with van der Waals surface area (Å²) in [5.74, 6) is -0.624. The molecule has 3 rings (SSSR count). The number of rotatable bonds is 4. The van der Waals surface area contributed by atoms with E-state index < -0.39 is 23.4 Å². The summed E-state index contributed by atoms with van der Waals surface area (Å²) in [7, 11) is 0. The van der Waals surface area contributed by atoms with Crippen LogP contribution in [0, 0.1) is 13.8 Å². The lowest BCUT2D eigenvalue weighted by Crippen LogP contribution is -2.64. The average molecular weight is 358 g/mol. The van der Waals surface area contributed by atoms with E-state index in [0.717, 1.165) is 14.9 Å². The zero-order chi connectivity index (χ0) is 16.0. The molecule has 3 heterocycles. The average Bonchev–Trinajstić information content (AvgIpc) is 2.80. The first-order valence-corrected chi connectivity index (χ1v) is 9.40. The number of carboxylic acids is 1. The van der Waals surface area contributed by atoms with Gasteiger partial charge in [-0.25, -0.2) is 9.78 Å². The van der Waals surface area contributed by atoms with Crippen LogP contribution >= 0.6 is 34.9 Å². The number of carbonyl (C=O) groups excluding carboxylic acids is 1. The van der Waals surface area contributed by atoms with Crippen LogP contribution in [0.3, 0.4) is 0 Å². The molecule has 2 aliphatic rings. The second kappa shape index (κ2) is 5.88. The number of amides is 1. The van der Waals surface area contributed by atoms with Crippen molar-refractivity contribution in [2.45, 2.75) is 29.5 Å². The van der Waals surface area contributed by atoms with Crippen molar-refractivity contribution in [3.8, 4) is 0 Å². The van der Waals surface area contributed by atoms with Gasteiger partial charge in [-0.1, -0.05) is 0 Å². The van der Waals surface area contributed by atoms with E-state index in [-0.39, 0.29) is 5.70 Å². The maximum absolute atomic E-state index is 11.7. The summed E-state index contributed by atoms with van der Waals surface area (Å²) in [6.45, 7) is 3.87. The van der Waals surface area contributed by atoms with Gasteiger partial charge in [0.25, 0.3) is 5.91 Å². The standard InChI is InChI=1S/C13H14N2O4S3/c1-5-13(22-6(2)14-5)21-4-7-3-20-11-9(16)10(17)15(11)8(7)12(18)19/h9,11,16H,3-4H2,1-2H3,(H,18,19)/t9-,11+/m1/s1. The molecule has 2 N–H and O–H groups in total. The number of thiazole rings is 1. The van der Waals surface area contributed by atoms with Crippen LogP contribution in [0.4, 0.5) is 0 Å². The highest BCUT2D eigenvalue weighted by Crippen LogP contribution is 2.42. The molecule has 2 atom stereocenters. The van der Waals surface area contributed by atoms with E-state index in [1.54, 1.807) is 23.1 Å². The number of hydrogen-bond donors (Lipinski definition) is 2. The molecule has 1 saturated heterocycles. The minimum atomic E-state index is -1.11. The topological polar surface area (TPSA) is 90.7 Å². The number of hydrogen-bond acceptors (Lipinski definition) is 7. The summed E-state index contributed by atoms with van der Waals surface area (Å²) in [6.07, 6.45) is -1.08. The Labute approximate surface area is 139 Å². The first-order chi connectivity index (χ1) is 10.4. The summed E-state index contributed by atoms with van der Waals surface area (Å²) in [4.78, 5) is 28.8. The van der Waals surface area contributed by atoms with Crippen LogP contribution in [-0.2, 0) is 9.59 Å². The molecule has 0 bridgehead atoms. The zero-order valence-corrected chi connectivity index (χ0v) is 14.3. The number of thioether (sulfide) groups is 2. The Kier molecular flexibility index (Phi) is 4.23. The maximum Gasteiger partial charge on any atom is 0.352 e. The van der Waals surface area contributed by atoms with E-state index in [2.05, 4.69) is 4.98 Å². The lowest BCUT2D eigenvalue weighted by atomic mass is 10.1. The fourth-order valence-corrected chi connectivity index (χ4v) is 6.05. The summed E-state index contributed by atoms with van der Waals surface area (Å²) in [6, 6.07) is 0. The second-order valence-corrected chi connectivity index (χ2v) is 8.56. The van der Waals surface area contributed by atoms with Gasteiger partial charge < -0.3 is 10.2 Å². The molecule has 0 spiro atoms. The number of aryl methyl sites for hydroxylation is 2. The SMILES string of the molecule is Cc1nc(C)c(SCC2=C(C(=O)O)N3C(=O)[C@@H](O)[C@@H]3SC2)s1. The number of aliphatic hydroxyl groups excluding tert-OH is 1. The molecule has 1 aromatic heterocycles. The normalized spacial score (nSPS) is 24.3. The number of fused-ring (bicyclic) bond motifs is 1. The van der Waals surface area contributed by atoms with Crippen molar-refractivity contribution >= 4 is 46.7 Å². The molecule has 2 aliphatic heterocycles. The Hall–Kier alpha value is -1.03. The Morgan fingerprint density at radius 3 is 2.82 bits per heavy atom. The Morgan fingerprint density at radius 1 is 1.50 bits per heavy atom. The number of carbonyl (C=O) groups is 2. The number of aliphatic carboxylic acids is 1. The fourth-order valence-electron chi connectivity index (χ4n) is 2.44. The number of aliphatic hydroxyl groups is 1. The highest BCUT2D eigenvalue weighted by atomic mass is 32.2. The smallest absolute Gasteiger partial charge is 0.352 e. The Morgan fingerprint density at radius 2 is 2.23 bits per heavy atom. The summed E-state index contributed by atoms with van der Waals surface area (Å²) in [5, 5.41) is 19.6. The van der Waals surface area contributed by atoms with Crippen molar-refractivity contribution in [1.29, 1.82) is 0 Å². The van der Waals surface area contributed by atoms with Crippen LogP contribution in [0.25, 0.3) is 0 Å². The molecule has 118 valence electrons. The van der Waals surface area contributed by atoms with E-state index in [1.807, 2.05) is 13.8 Å². The van der Waals surface area contributed by atoms with Gasteiger partial charge in [0.15, 0.2) is 6.10 Å². The minimum absolute atomic E-state index is 0.0328. The fraction of sp³-hybridized carbons (Fsp3) is 0.462. The van der Waals surface area contributed by atoms with Gasteiger partial charge in [-0.3, -0.25) is 9.69 Å². The highest BCUT2D eigenvalue weighted by Gasteiger charge is 2.52. The molecule has 6 nitrogen and oxygen atoms in total. The highest BCUT2D eigenvalue weighted by molar-refractivity contribution is 8.02. The van der Waals surface area contributed by atoms with Gasteiger partial charge in [-0.15, -0.1) is 34.9 Å². The molecule has 0 saturated carbocycles. The molecule has 1 aromatic rings. The van der Waals surface area contributed by atoms with Crippen LogP contribution in [-0.4, -0.2) is 55.0 Å². The first kappa shape index (κ1) is 15.9. The van der Waals surface area contributed by atoms with Crippen molar-refractivity contribution in [3.05, 3.63) is 22.0 Å². The summed E-state index contributed by atoms with van der Waals surface area (Å²) < 4.78 is 1.07. The quantitative estimate of drug-likeness (QED) is 0.622. The molecule has 22 heavy (non-hydrogen) atoms. The lowest BCUT2D eigenvalue weighted by molar-refractivity contribution is -0.159. The number of carboxylic acid groups (broad SMARTS) is 1. The van der Waals surface area contributed by atoms with Gasteiger partial charge in [0.2, 0.25) is 0 Å². The third-order valence-corrected chi connectivity index (χ3v) is 7.31. The number of nitrogens with zero attached hydrogens (tertiary/aromatic N) is 2. The van der Waals surface area contributed by atoms with Gasteiger partial charge in [0, 0.05) is 11.5 Å². The molecule has 0 aromatic carbocycles. The van der Waals surface area contributed by atoms with Crippen LogP contribution in [0.5, 0.6) is 0 Å². The van der Waals surface area contributed by atoms with E-state index in [0.29, 0.717) is 17.1 Å². The third-order valence-electron chi connectivity index (χ3n) is 3.46. The number of aromatic nitrogens is 1. The predicted octanol–water partition coefficient (Wildman–Crippen LogP) is 1.47. The van der Waals surface area contributed by atoms with E-state index in [9.17, 15) is 19.8 Å². The Bertz CT molecular complexity index is 685. The van der Waals surface area contributed by atoms with E-state index >= 15 is 0 Å². The molecule has 1 amide bonds. The summed E-state index contributed by atoms with van der Waals surface area (Å²) >= 11 is 4.54. The number of β-lactam (4-membered cyclic amide) rings is 1. The predicted molar refractivity (Wildman–Crippen MR) is 86.1 cm³/mol. The van der Waals surface area contributed by atoms with E-state index in [4.69, 9.17) is 0 Å². The van der Waals surface area contributed by atoms with Crippen LogP contribution in [0.15, 0.2) is 15.5 Å². The van der Waals surface area contributed by atoms with Gasteiger partial charge in [-0.05, 0) is 19.4 Å². The van der Waals surface area contributed by atoms with Crippen LogP contribution < -0.4 is 0 Å². The van der Waals surface area contributed by atoms with Gasteiger partial charge in [-0.2, -0.15) is 0 Å². The lowest BCUT2D eigenvalue weighted by Gasteiger charge is -2.47.